The molecule has 1 aromatic heterocycles. The first-order chi connectivity index (χ1) is 11.2. The maximum absolute atomic E-state index is 13.7. The van der Waals surface area contributed by atoms with E-state index in [-0.39, 0.29) is 5.75 Å². The number of furan rings is 1. The van der Waals surface area contributed by atoms with E-state index < -0.39 is 5.82 Å². The summed E-state index contributed by atoms with van der Waals surface area (Å²) in [4.78, 5) is 2.67. The summed E-state index contributed by atoms with van der Waals surface area (Å²) >= 11 is 0. The van der Waals surface area contributed by atoms with Crippen LogP contribution in [0.1, 0.15) is 43.4 Å². The van der Waals surface area contributed by atoms with E-state index in [0.717, 1.165) is 35.9 Å². The van der Waals surface area contributed by atoms with E-state index >= 15 is 0 Å². The first-order valence-corrected chi connectivity index (χ1v) is 8.83. The zero-order valence-electron chi connectivity index (χ0n) is 13.4. The average molecular weight is 315 g/mol. The number of hydrogen-bond acceptors (Lipinski definition) is 3. The molecule has 5 atom stereocenters. The molecule has 3 aliphatic heterocycles. The minimum Gasteiger partial charge on any atom is -0.505 e. The second-order valence-electron chi connectivity index (χ2n) is 7.59. The van der Waals surface area contributed by atoms with Gasteiger partial charge in [-0.05, 0) is 37.2 Å². The molecule has 4 bridgehead atoms. The molecule has 3 nitrogen and oxygen atoms in total. The lowest BCUT2D eigenvalue weighted by molar-refractivity contribution is -0.0169. The first-order valence-electron chi connectivity index (χ1n) is 8.83. The molecule has 4 heteroatoms. The second kappa shape index (κ2) is 4.73. The zero-order chi connectivity index (χ0) is 15.7. The van der Waals surface area contributed by atoms with Crippen LogP contribution >= 0.6 is 0 Å². The highest BCUT2D eigenvalue weighted by Crippen LogP contribution is 2.52. The Balaban J connectivity index is 1.69. The van der Waals surface area contributed by atoms with Crippen molar-refractivity contribution in [1.82, 2.24) is 4.90 Å². The maximum atomic E-state index is 13.7. The van der Waals surface area contributed by atoms with Gasteiger partial charge in [-0.1, -0.05) is 13.3 Å². The van der Waals surface area contributed by atoms with E-state index in [0.29, 0.717) is 17.5 Å². The lowest BCUT2D eigenvalue weighted by Crippen LogP contribution is -2.56. The standard InChI is InChI=1S/C19H22FNO2/c1-2-11-5-10-6-14-18(11)21(9-10)4-3-12-13-7-16(22)15(20)8-17(13)23-19(12)14/h7-8,10-11,14,18,22H,2-6,9H2,1H3/t10?,11?,14-,18?/m1/s1. The Hall–Kier alpha value is -1.55. The van der Waals surface area contributed by atoms with E-state index in [1.165, 1.54) is 37.4 Å². The Morgan fingerprint density at radius 2 is 2.22 bits per heavy atom. The molecule has 1 aromatic carbocycles. The van der Waals surface area contributed by atoms with Crippen LogP contribution in [0.15, 0.2) is 16.5 Å². The summed E-state index contributed by atoms with van der Waals surface area (Å²) in [6.07, 6.45) is 4.70. The normalized spacial score (nSPS) is 35.3. The van der Waals surface area contributed by atoms with Crippen molar-refractivity contribution in [3.05, 3.63) is 29.3 Å². The number of halogens is 1. The number of benzene rings is 1. The second-order valence-corrected chi connectivity index (χ2v) is 7.59. The van der Waals surface area contributed by atoms with Crippen molar-refractivity contribution in [1.29, 1.82) is 0 Å². The number of rotatable bonds is 1. The number of aromatic hydroxyl groups is 1. The van der Waals surface area contributed by atoms with Crippen LogP contribution in [0.3, 0.4) is 0 Å². The fourth-order valence-corrected chi connectivity index (χ4v) is 5.55. The molecule has 2 saturated heterocycles. The summed E-state index contributed by atoms with van der Waals surface area (Å²) < 4.78 is 19.9. The molecule has 0 spiro atoms. The van der Waals surface area contributed by atoms with Crippen molar-refractivity contribution in [2.24, 2.45) is 11.8 Å². The van der Waals surface area contributed by atoms with Gasteiger partial charge < -0.3 is 9.52 Å². The minimum absolute atomic E-state index is 0.276. The summed E-state index contributed by atoms with van der Waals surface area (Å²) in [5.41, 5.74) is 1.79. The van der Waals surface area contributed by atoms with Crippen molar-refractivity contribution in [2.75, 3.05) is 13.1 Å². The Labute approximate surface area is 135 Å². The van der Waals surface area contributed by atoms with Crippen molar-refractivity contribution in [3.63, 3.8) is 0 Å². The van der Waals surface area contributed by atoms with E-state index in [9.17, 15) is 9.50 Å². The van der Waals surface area contributed by atoms with Crippen LogP contribution in [0.2, 0.25) is 0 Å². The number of hydrogen-bond donors (Lipinski definition) is 1. The number of phenols is 1. The molecule has 1 N–H and O–H groups in total. The van der Waals surface area contributed by atoms with Gasteiger partial charge in [0, 0.05) is 42.1 Å². The van der Waals surface area contributed by atoms with Crippen LogP contribution in [0, 0.1) is 17.7 Å². The molecule has 3 fully saturated rings. The van der Waals surface area contributed by atoms with E-state index in [1.54, 1.807) is 6.07 Å². The predicted molar refractivity (Wildman–Crippen MR) is 86.1 cm³/mol. The fourth-order valence-electron chi connectivity index (χ4n) is 5.55. The molecule has 0 radical (unpaired) electrons. The van der Waals surface area contributed by atoms with Gasteiger partial charge in [0.1, 0.15) is 11.3 Å². The molecule has 0 amide bonds. The van der Waals surface area contributed by atoms with Gasteiger partial charge in [-0.15, -0.1) is 0 Å². The quantitative estimate of drug-likeness (QED) is 0.863. The lowest BCUT2D eigenvalue weighted by Gasteiger charge is -2.52. The zero-order valence-corrected chi connectivity index (χ0v) is 13.4. The molecule has 4 heterocycles. The fraction of sp³-hybridized carbons (Fsp3) is 0.579. The summed E-state index contributed by atoms with van der Waals surface area (Å²) in [6, 6.07) is 3.47. The van der Waals surface area contributed by atoms with Crippen LogP contribution in [-0.4, -0.2) is 29.1 Å². The number of fused-ring (bicyclic) bond motifs is 4. The third-order valence-electron chi connectivity index (χ3n) is 6.43. The molecular weight excluding hydrogens is 293 g/mol. The highest BCUT2D eigenvalue weighted by Gasteiger charge is 2.49. The van der Waals surface area contributed by atoms with Crippen LogP contribution in [0.4, 0.5) is 4.39 Å². The SMILES string of the molecule is CCC1CC2C[C@H]3c4oc5cc(F)c(O)cc5c4CCN(C2)C13. The molecule has 2 aromatic rings. The monoisotopic (exact) mass is 315 g/mol. The molecule has 6 rings (SSSR count). The molecule has 4 aliphatic rings. The molecular formula is C19H22FNO2. The number of piperidine rings is 2. The summed E-state index contributed by atoms with van der Waals surface area (Å²) in [5, 5.41) is 10.7. The van der Waals surface area contributed by atoms with Crippen molar-refractivity contribution in [2.45, 2.75) is 44.6 Å². The van der Waals surface area contributed by atoms with Gasteiger partial charge in [-0.3, -0.25) is 4.90 Å². The van der Waals surface area contributed by atoms with Crippen molar-refractivity contribution >= 4 is 11.0 Å². The van der Waals surface area contributed by atoms with E-state index in [1.807, 2.05) is 0 Å². The van der Waals surface area contributed by atoms with Gasteiger partial charge in [0.05, 0.1) is 0 Å². The Bertz CT molecular complexity index is 783. The van der Waals surface area contributed by atoms with Gasteiger partial charge in [0.2, 0.25) is 0 Å². The van der Waals surface area contributed by atoms with Crippen LogP contribution < -0.4 is 0 Å². The predicted octanol–water partition coefficient (Wildman–Crippen LogP) is 4.04. The number of phenolic OH excluding ortho intramolecular Hbond substituents is 1. The number of nitrogens with zero attached hydrogens (tertiary/aromatic N) is 1. The summed E-state index contributed by atoms with van der Waals surface area (Å²) in [7, 11) is 0. The van der Waals surface area contributed by atoms with Gasteiger partial charge in [-0.25, -0.2) is 4.39 Å². The van der Waals surface area contributed by atoms with Gasteiger partial charge in [0.25, 0.3) is 0 Å². The van der Waals surface area contributed by atoms with Crippen LogP contribution in [-0.2, 0) is 6.42 Å². The third kappa shape index (κ3) is 1.84. The highest BCUT2D eigenvalue weighted by molar-refractivity contribution is 5.84. The highest BCUT2D eigenvalue weighted by atomic mass is 19.1. The van der Waals surface area contributed by atoms with Gasteiger partial charge >= 0.3 is 0 Å². The van der Waals surface area contributed by atoms with Crippen LogP contribution in [0.25, 0.3) is 11.0 Å². The first kappa shape index (κ1) is 13.8. The topological polar surface area (TPSA) is 36.6 Å². The molecule has 23 heavy (non-hydrogen) atoms. The van der Waals surface area contributed by atoms with Crippen molar-refractivity contribution in [3.8, 4) is 5.75 Å². The Morgan fingerprint density at radius 1 is 1.35 bits per heavy atom. The summed E-state index contributed by atoms with van der Waals surface area (Å²) in [6.45, 7) is 4.57. The molecule has 1 saturated carbocycles. The maximum Gasteiger partial charge on any atom is 0.168 e. The van der Waals surface area contributed by atoms with Crippen molar-refractivity contribution < 1.29 is 13.9 Å². The Morgan fingerprint density at radius 3 is 3.04 bits per heavy atom. The summed E-state index contributed by atoms with van der Waals surface area (Å²) in [5.74, 6) is 2.14. The largest absolute Gasteiger partial charge is 0.505 e. The van der Waals surface area contributed by atoms with E-state index in [2.05, 4.69) is 11.8 Å². The lowest BCUT2D eigenvalue weighted by atomic mass is 9.65. The smallest absolute Gasteiger partial charge is 0.168 e. The van der Waals surface area contributed by atoms with E-state index in [4.69, 9.17) is 4.42 Å². The molecule has 122 valence electrons. The minimum atomic E-state index is -0.598. The van der Waals surface area contributed by atoms with Crippen LogP contribution in [0.5, 0.6) is 5.75 Å². The Kier molecular flexibility index (Phi) is 2.85. The van der Waals surface area contributed by atoms with Gasteiger partial charge in [-0.2, -0.15) is 0 Å². The molecule has 4 unspecified atom stereocenters. The average Bonchev–Trinajstić information content (AvgIpc) is 2.85. The third-order valence-corrected chi connectivity index (χ3v) is 6.43. The van der Waals surface area contributed by atoms with Gasteiger partial charge in [0.15, 0.2) is 11.6 Å². The molecule has 1 aliphatic carbocycles.